The number of likely N-dealkylation sites (N-methyl/N-ethyl adjacent to an activating group) is 1. The van der Waals surface area contributed by atoms with Crippen molar-refractivity contribution < 1.29 is 8.42 Å². The van der Waals surface area contributed by atoms with E-state index < -0.39 is 10.0 Å². The van der Waals surface area contributed by atoms with E-state index in [1.165, 1.54) is 6.07 Å². The van der Waals surface area contributed by atoms with Crippen LogP contribution in [0.4, 0.5) is 11.4 Å². The molecule has 0 radical (unpaired) electrons. The van der Waals surface area contributed by atoms with Gasteiger partial charge in [-0.25, -0.2) is 13.1 Å². The highest BCUT2D eigenvalue weighted by Crippen LogP contribution is 2.25. The minimum absolute atomic E-state index is 0.241. The summed E-state index contributed by atoms with van der Waals surface area (Å²) < 4.78 is 26.6. The smallest absolute Gasteiger partial charge is 0.240 e. The number of nitrogens with one attached hydrogen (secondary N) is 2. The summed E-state index contributed by atoms with van der Waals surface area (Å²) >= 11 is 0. The van der Waals surface area contributed by atoms with Crippen LogP contribution in [0.5, 0.6) is 0 Å². The maximum atomic E-state index is 12.1. The molecule has 7 heteroatoms. The molecule has 2 rings (SSSR count). The van der Waals surface area contributed by atoms with E-state index in [2.05, 4.69) is 22.0 Å². The first kappa shape index (κ1) is 16.1. The molecule has 1 aliphatic heterocycles. The molecule has 1 fully saturated rings. The van der Waals surface area contributed by atoms with Gasteiger partial charge in [0, 0.05) is 19.1 Å². The summed E-state index contributed by atoms with van der Waals surface area (Å²) in [5, 5.41) is 3.38. The Balaban J connectivity index is 2.19. The van der Waals surface area contributed by atoms with Crippen molar-refractivity contribution in [2.24, 2.45) is 0 Å². The summed E-state index contributed by atoms with van der Waals surface area (Å²) in [5.74, 6) is 0. The Morgan fingerprint density at radius 3 is 2.86 bits per heavy atom. The fourth-order valence-electron chi connectivity index (χ4n) is 2.61. The molecule has 0 bridgehead atoms. The van der Waals surface area contributed by atoms with Gasteiger partial charge in [0.2, 0.25) is 10.0 Å². The van der Waals surface area contributed by atoms with Gasteiger partial charge < -0.3 is 16.0 Å². The summed E-state index contributed by atoms with van der Waals surface area (Å²) in [7, 11) is -1.37. The Hall–Kier alpha value is -1.31. The Labute approximate surface area is 126 Å². The molecule has 21 heavy (non-hydrogen) atoms. The molecule has 0 aliphatic carbocycles. The van der Waals surface area contributed by atoms with Gasteiger partial charge in [0.15, 0.2) is 0 Å². The minimum atomic E-state index is -3.46. The van der Waals surface area contributed by atoms with Crippen LogP contribution in [-0.2, 0) is 10.0 Å². The summed E-state index contributed by atoms with van der Waals surface area (Å²) in [6, 6.07) is 5.08. The van der Waals surface area contributed by atoms with Crippen molar-refractivity contribution >= 4 is 21.4 Å². The van der Waals surface area contributed by atoms with E-state index in [-0.39, 0.29) is 4.90 Å². The first-order valence-corrected chi connectivity index (χ1v) is 8.75. The van der Waals surface area contributed by atoms with Crippen LogP contribution in [0.1, 0.15) is 19.8 Å². The molecule has 1 heterocycles. The van der Waals surface area contributed by atoms with E-state index in [9.17, 15) is 8.42 Å². The van der Waals surface area contributed by atoms with Crippen LogP contribution in [0, 0.1) is 0 Å². The Bertz CT molecular complexity index is 589. The average molecular weight is 312 g/mol. The third-order valence-electron chi connectivity index (χ3n) is 3.65. The number of nitrogens with zero attached hydrogens (tertiary/aromatic N) is 1. The number of anilines is 2. The second-order valence-corrected chi connectivity index (χ2v) is 7.26. The van der Waals surface area contributed by atoms with Gasteiger partial charge in [0.05, 0.1) is 16.3 Å². The summed E-state index contributed by atoms with van der Waals surface area (Å²) in [4.78, 5) is 2.50. The summed E-state index contributed by atoms with van der Waals surface area (Å²) in [6.07, 6.45) is 2.19. The highest BCUT2D eigenvalue weighted by molar-refractivity contribution is 7.89. The maximum absolute atomic E-state index is 12.1. The van der Waals surface area contributed by atoms with E-state index in [1.807, 2.05) is 0 Å². The van der Waals surface area contributed by atoms with Crippen molar-refractivity contribution in [3.05, 3.63) is 18.2 Å². The molecule has 1 unspecified atom stereocenters. The summed E-state index contributed by atoms with van der Waals surface area (Å²) in [5.41, 5.74) is 7.22. The maximum Gasteiger partial charge on any atom is 0.240 e. The molecule has 4 N–H and O–H groups in total. The molecule has 1 aromatic rings. The molecule has 0 amide bonds. The van der Waals surface area contributed by atoms with Gasteiger partial charge in [-0.15, -0.1) is 0 Å². The van der Waals surface area contributed by atoms with E-state index in [0.29, 0.717) is 24.0 Å². The SMILES string of the molecule is CCNS(=O)(=O)c1ccc(N)c(NC2CCCN(C)C2)c1. The van der Waals surface area contributed by atoms with E-state index in [0.717, 1.165) is 25.9 Å². The number of hydrogen-bond acceptors (Lipinski definition) is 5. The minimum Gasteiger partial charge on any atom is -0.397 e. The first-order valence-electron chi connectivity index (χ1n) is 7.26. The fourth-order valence-corrected chi connectivity index (χ4v) is 3.67. The predicted octanol–water partition coefficient (Wildman–Crippen LogP) is 1.07. The standard InChI is InChI=1S/C14H24N4O2S/c1-3-16-21(19,20)12-6-7-13(15)14(9-12)17-11-5-4-8-18(2)10-11/h6-7,9,11,16-17H,3-5,8,10,15H2,1-2H3. The second kappa shape index (κ2) is 6.64. The van der Waals surface area contributed by atoms with Gasteiger partial charge in [-0.1, -0.05) is 6.92 Å². The number of sulfonamides is 1. The van der Waals surface area contributed by atoms with Crippen molar-refractivity contribution in [2.45, 2.75) is 30.7 Å². The van der Waals surface area contributed by atoms with Crippen LogP contribution in [0.15, 0.2) is 23.1 Å². The van der Waals surface area contributed by atoms with Gasteiger partial charge in [-0.2, -0.15) is 0 Å². The molecule has 1 atom stereocenters. The highest BCUT2D eigenvalue weighted by Gasteiger charge is 2.19. The number of hydrogen-bond donors (Lipinski definition) is 3. The van der Waals surface area contributed by atoms with Gasteiger partial charge in [-0.05, 0) is 44.6 Å². The fraction of sp³-hybridized carbons (Fsp3) is 0.571. The monoisotopic (exact) mass is 312 g/mol. The molecule has 1 aromatic carbocycles. The Morgan fingerprint density at radius 2 is 2.19 bits per heavy atom. The zero-order valence-electron chi connectivity index (χ0n) is 12.6. The number of piperidine rings is 1. The van der Waals surface area contributed by atoms with Crippen molar-refractivity contribution in [1.82, 2.24) is 9.62 Å². The molecule has 0 aromatic heterocycles. The number of nitrogens with two attached hydrogens (primary N) is 1. The van der Waals surface area contributed by atoms with Crippen LogP contribution in [-0.4, -0.2) is 46.0 Å². The van der Waals surface area contributed by atoms with Gasteiger partial charge in [0.25, 0.3) is 0 Å². The number of benzene rings is 1. The Morgan fingerprint density at radius 1 is 1.43 bits per heavy atom. The van der Waals surface area contributed by atoms with Crippen LogP contribution >= 0.6 is 0 Å². The van der Waals surface area contributed by atoms with E-state index in [4.69, 9.17) is 5.73 Å². The normalized spacial score (nSPS) is 20.4. The molecule has 118 valence electrons. The van der Waals surface area contributed by atoms with Crippen LogP contribution < -0.4 is 15.8 Å². The zero-order chi connectivity index (χ0) is 15.5. The lowest BCUT2D eigenvalue weighted by Gasteiger charge is -2.31. The molecule has 1 saturated heterocycles. The highest BCUT2D eigenvalue weighted by atomic mass is 32.2. The van der Waals surface area contributed by atoms with Crippen LogP contribution in [0.25, 0.3) is 0 Å². The molecular formula is C14H24N4O2S. The lowest BCUT2D eigenvalue weighted by Crippen LogP contribution is -2.39. The molecule has 0 spiro atoms. The van der Waals surface area contributed by atoms with Crippen molar-refractivity contribution in [1.29, 1.82) is 0 Å². The van der Waals surface area contributed by atoms with Gasteiger partial charge in [-0.3, -0.25) is 0 Å². The third-order valence-corrected chi connectivity index (χ3v) is 5.20. The molecule has 0 saturated carbocycles. The van der Waals surface area contributed by atoms with E-state index >= 15 is 0 Å². The number of nitrogen functional groups attached to an aromatic ring is 1. The largest absolute Gasteiger partial charge is 0.397 e. The van der Waals surface area contributed by atoms with Crippen molar-refractivity contribution in [3.8, 4) is 0 Å². The van der Waals surface area contributed by atoms with Crippen LogP contribution in [0.3, 0.4) is 0 Å². The average Bonchev–Trinajstić information content (AvgIpc) is 2.41. The first-order chi connectivity index (χ1) is 9.92. The van der Waals surface area contributed by atoms with E-state index in [1.54, 1.807) is 19.1 Å². The number of rotatable bonds is 5. The molecular weight excluding hydrogens is 288 g/mol. The lowest BCUT2D eigenvalue weighted by atomic mass is 10.1. The van der Waals surface area contributed by atoms with Crippen LogP contribution in [0.2, 0.25) is 0 Å². The lowest BCUT2D eigenvalue weighted by molar-refractivity contribution is 0.261. The predicted molar refractivity (Wildman–Crippen MR) is 85.9 cm³/mol. The second-order valence-electron chi connectivity index (χ2n) is 5.50. The zero-order valence-corrected chi connectivity index (χ0v) is 13.4. The summed E-state index contributed by atoms with van der Waals surface area (Å²) in [6.45, 7) is 4.15. The quantitative estimate of drug-likeness (QED) is 0.708. The van der Waals surface area contributed by atoms with Gasteiger partial charge >= 0.3 is 0 Å². The number of likely N-dealkylation sites (tertiary alicyclic amines) is 1. The third kappa shape index (κ3) is 4.09. The van der Waals surface area contributed by atoms with Gasteiger partial charge in [0.1, 0.15) is 0 Å². The topological polar surface area (TPSA) is 87.5 Å². The van der Waals surface area contributed by atoms with Crippen molar-refractivity contribution in [2.75, 3.05) is 37.7 Å². The Kier molecular flexibility index (Phi) is 5.08. The van der Waals surface area contributed by atoms with Crippen molar-refractivity contribution in [3.63, 3.8) is 0 Å². The molecule has 6 nitrogen and oxygen atoms in total. The molecule has 1 aliphatic rings.